The first kappa shape index (κ1) is 22.0. The summed E-state index contributed by atoms with van der Waals surface area (Å²) in [6.07, 6.45) is 8.57. The molecule has 7 heteroatoms. The highest BCUT2D eigenvalue weighted by Gasteiger charge is 2.16. The molecule has 0 atom stereocenters. The van der Waals surface area contributed by atoms with Crippen molar-refractivity contribution in [1.29, 1.82) is 0 Å². The maximum absolute atomic E-state index is 12.5. The zero-order chi connectivity index (χ0) is 20.5. The molecule has 0 saturated carbocycles. The summed E-state index contributed by atoms with van der Waals surface area (Å²) >= 11 is 3.33. The number of carbonyl (C=O) groups is 1. The van der Waals surface area contributed by atoms with Gasteiger partial charge in [0.05, 0.1) is 12.2 Å². The lowest BCUT2D eigenvalue weighted by atomic mass is 10.2. The van der Waals surface area contributed by atoms with Gasteiger partial charge in [0.25, 0.3) is 0 Å². The molecule has 0 radical (unpaired) electrons. The van der Waals surface area contributed by atoms with E-state index in [1.165, 1.54) is 35.9 Å². The van der Waals surface area contributed by atoms with E-state index >= 15 is 0 Å². The van der Waals surface area contributed by atoms with Gasteiger partial charge >= 0.3 is 5.97 Å². The van der Waals surface area contributed by atoms with Crippen LogP contribution in [-0.2, 0) is 4.74 Å². The summed E-state index contributed by atoms with van der Waals surface area (Å²) in [5.74, 6) is -0.0156. The third-order valence-electron chi connectivity index (χ3n) is 4.69. The molecule has 0 spiro atoms. The summed E-state index contributed by atoms with van der Waals surface area (Å²) < 4.78 is 7.86. The Morgan fingerprint density at radius 1 is 1.14 bits per heavy atom. The first-order chi connectivity index (χ1) is 14.2. The standard InChI is InChI=1S/C22H29N3O2S2/c1-2-3-7-14-27-22(26)19-15-21(23)24-16-20(19)28-17-8-10-18(11-9-17)29-25-12-5-4-6-13-25/h8-11,15-16H,2-7,12-14H2,1H3,(H2,23,24). The highest BCUT2D eigenvalue weighted by molar-refractivity contribution is 7.99. The second kappa shape index (κ2) is 11.5. The summed E-state index contributed by atoms with van der Waals surface area (Å²) in [6, 6.07) is 10.0. The molecule has 156 valence electrons. The van der Waals surface area contributed by atoms with Crippen molar-refractivity contribution in [2.24, 2.45) is 0 Å². The topological polar surface area (TPSA) is 68.5 Å². The van der Waals surface area contributed by atoms with Crippen LogP contribution in [0.3, 0.4) is 0 Å². The number of anilines is 1. The Hall–Kier alpha value is -1.70. The Bertz CT molecular complexity index is 793. The lowest BCUT2D eigenvalue weighted by Crippen LogP contribution is -2.22. The number of benzene rings is 1. The Kier molecular flexibility index (Phi) is 8.70. The third kappa shape index (κ3) is 6.94. The molecule has 1 aliphatic rings. The molecule has 29 heavy (non-hydrogen) atoms. The normalized spacial score (nSPS) is 14.7. The van der Waals surface area contributed by atoms with Crippen molar-refractivity contribution in [2.45, 2.75) is 60.1 Å². The van der Waals surface area contributed by atoms with Gasteiger partial charge in [-0.15, -0.1) is 0 Å². The van der Waals surface area contributed by atoms with E-state index in [1.54, 1.807) is 12.3 Å². The van der Waals surface area contributed by atoms with Crippen molar-refractivity contribution in [3.8, 4) is 0 Å². The van der Waals surface area contributed by atoms with Crippen molar-refractivity contribution in [3.05, 3.63) is 42.1 Å². The highest BCUT2D eigenvalue weighted by atomic mass is 32.2. The number of nitrogens with two attached hydrogens (primary N) is 1. The number of unbranched alkanes of at least 4 members (excludes halogenated alkanes) is 2. The smallest absolute Gasteiger partial charge is 0.339 e. The van der Waals surface area contributed by atoms with Gasteiger partial charge in [0.2, 0.25) is 0 Å². The lowest BCUT2D eigenvalue weighted by Gasteiger charge is -2.25. The third-order valence-corrected chi connectivity index (χ3v) is 6.85. The molecule has 1 aliphatic heterocycles. The van der Waals surface area contributed by atoms with Crippen LogP contribution < -0.4 is 5.73 Å². The second-order valence-electron chi connectivity index (χ2n) is 7.10. The number of aromatic nitrogens is 1. The minimum Gasteiger partial charge on any atom is -0.462 e. The number of hydrogen-bond donors (Lipinski definition) is 1. The number of nitrogen functional groups attached to an aromatic ring is 1. The Balaban J connectivity index is 1.63. The fourth-order valence-corrected chi connectivity index (χ4v) is 4.98. The van der Waals surface area contributed by atoms with Gasteiger partial charge in [0.15, 0.2) is 0 Å². The zero-order valence-electron chi connectivity index (χ0n) is 16.9. The first-order valence-corrected chi connectivity index (χ1v) is 11.9. The number of piperidine rings is 1. The average molecular weight is 432 g/mol. The number of ether oxygens (including phenoxy) is 1. The van der Waals surface area contributed by atoms with Crippen LogP contribution >= 0.6 is 23.7 Å². The second-order valence-corrected chi connectivity index (χ2v) is 9.39. The quantitative estimate of drug-likeness (QED) is 0.312. The van der Waals surface area contributed by atoms with Crippen LogP contribution in [0.25, 0.3) is 0 Å². The molecule has 1 aromatic heterocycles. The minimum absolute atomic E-state index is 0.322. The molecular formula is C22H29N3O2S2. The van der Waals surface area contributed by atoms with E-state index in [4.69, 9.17) is 10.5 Å². The van der Waals surface area contributed by atoms with Gasteiger partial charge in [0, 0.05) is 34.0 Å². The summed E-state index contributed by atoms with van der Waals surface area (Å²) in [4.78, 5) is 19.7. The fourth-order valence-electron chi connectivity index (χ4n) is 3.10. The van der Waals surface area contributed by atoms with Crippen molar-refractivity contribution in [2.75, 3.05) is 25.4 Å². The van der Waals surface area contributed by atoms with Crippen molar-refractivity contribution < 1.29 is 9.53 Å². The first-order valence-electron chi connectivity index (χ1n) is 10.3. The Morgan fingerprint density at radius 2 is 1.86 bits per heavy atom. The van der Waals surface area contributed by atoms with Crippen LogP contribution in [-0.4, -0.2) is 35.0 Å². The predicted molar refractivity (Wildman–Crippen MR) is 120 cm³/mol. The van der Waals surface area contributed by atoms with Crippen LogP contribution in [0.2, 0.25) is 0 Å². The summed E-state index contributed by atoms with van der Waals surface area (Å²) in [7, 11) is 0. The van der Waals surface area contributed by atoms with Gasteiger partial charge in [0.1, 0.15) is 5.82 Å². The van der Waals surface area contributed by atoms with Gasteiger partial charge in [-0.25, -0.2) is 14.1 Å². The van der Waals surface area contributed by atoms with Crippen LogP contribution in [0.4, 0.5) is 5.82 Å². The van der Waals surface area contributed by atoms with Crippen LogP contribution in [0.15, 0.2) is 51.2 Å². The SMILES string of the molecule is CCCCCOC(=O)c1cc(N)ncc1Sc1ccc(SN2CCCCC2)cc1. The maximum atomic E-state index is 12.5. The number of nitrogens with zero attached hydrogens (tertiary/aromatic N) is 2. The van der Waals surface area contributed by atoms with Crippen molar-refractivity contribution in [1.82, 2.24) is 9.29 Å². The average Bonchev–Trinajstić information content (AvgIpc) is 2.74. The van der Waals surface area contributed by atoms with E-state index in [2.05, 4.69) is 40.5 Å². The van der Waals surface area contributed by atoms with Crippen molar-refractivity contribution >= 4 is 35.5 Å². The molecule has 1 fully saturated rings. The largest absolute Gasteiger partial charge is 0.462 e. The molecule has 0 unspecified atom stereocenters. The molecule has 2 heterocycles. The van der Waals surface area contributed by atoms with Gasteiger partial charge < -0.3 is 10.5 Å². The van der Waals surface area contributed by atoms with E-state index < -0.39 is 0 Å². The van der Waals surface area contributed by atoms with Crippen molar-refractivity contribution in [3.63, 3.8) is 0 Å². The van der Waals surface area contributed by atoms with E-state index in [0.717, 1.165) is 42.1 Å². The van der Waals surface area contributed by atoms with Gasteiger partial charge in [-0.05, 0) is 61.5 Å². The van der Waals surface area contributed by atoms with Gasteiger partial charge in [-0.1, -0.05) is 37.9 Å². The molecule has 0 amide bonds. The van der Waals surface area contributed by atoms with E-state index in [9.17, 15) is 4.79 Å². The van der Waals surface area contributed by atoms with Gasteiger partial charge in [-0.3, -0.25) is 0 Å². The van der Waals surface area contributed by atoms with Gasteiger partial charge in [-0.2, -0.15) is 0 Å². The fraction of sp³-hybridized carbons (Fsp3) is 0.455. The molecular weight excluding hydrogens is 402 g/mol. The Labute approximate surface area is 181 Å². The number of esters is 1. The summed E-state index contributed by atoms with van der Waals surface area (Å²) in [5.41, 5.74) is 6.29. The lowest BCUT2D eigenvalue weighted by molar-refractivity contribution is 0.0494. The molecule has 0 bridgehead atoms. The highest BCUT2D eigenvalue weighted by Crippen LogP contribution is 2.33. The molecule has 5 nitrogen and oxygen atoms in total. The molecule has 0 aliphatic carbocycles. The summed E-state index contributed by atoms with van der Waals surface area (Å²) in [6.45, 7) is 4.86. The molecule has 2 N–H and O–H groups in total. The molecule has 2 aromatic rings. The van der Waals surface area contributed by atoms with Crippen LogP contribution in [0.1, 0.15) is 55.8 Å². The van der Waals surface area contributed by atoms with E-state index in [0.29, 0.717) is 18.0 Å². The van der Waals surface area contributed by atoms with E-state index in [-0.39, 0.29) is 5.97 Å². The number of hydrogen-bond acceptors (Lipinski definition) is 7. The van der Waals surface area contributed by atoms with E-state index in [1.807, 2.05) is 11.9 Å². The van der Waals surface area contributed by atoms with Crippen LogP contribution in [0, 0.1) is 0 Å². The molecule has 1 saturated heterocycles. The zero-order valence-corrected chi connectivity index (χ0v) is 18.6. The molecule has 3 rings (SSSR count). The number of pyridine rings is 1. The molecule has 1 aromatic carbocycles. The number of rotatable bonds is 9. The number of carbonyl (C=O) groups excluding carboxylic acids is 1. The maximum Gasteiger partial charge on any atom is 0.339 e. The summed E-state index contributed by atoms with van der Waals surface area (Å²) in [5, 5.41) is 0. The minimum atomic E-state index is -0.338. The monoisotopic (exact) mass is 431 g/mol. The predicted octanol–water partition coefficient (Wildman–Crippen LogP) is 5.66. The Morgan fingerprint density at radius 3 is 2.59 bits per heavy atom. The van der Waals surface area contributed by atoms with Crippen LogP contribution in [0.5, 0.6) is 0 Å².